The van der Waals surface area contributed by atoms with Crippen LogP contribution in [0, 0.1) is 5.92 Å². The van der Waals surface area contributed by atoms with Gasteiger partial charge in [0.05, 0.1) is 0 Å². The van der Waals surface area contributed by atoms with Gasteiger partial charge in [-0.05, 0) is 56.8 Å². The molecule has 1 aromatic heterocycles. The maximum absolute atomic E-state index is 6.01. The Kier molecular flexibility index (Phi) is 6.46. The lowest BCUT2D eigenvalue weighted by Crippen LogP contribution is -2.50. The van der Waals surface area contributed by atoms with E-state index in [-0.39, 0.29) is 5.54 Å². The van der Waals surface area contributed by atoms with Crippen LogP contribution in [0.4, 0.5) is 0 Å². The molecule has 0 aliphatic heterocycles. The average molecular weight is 263 g/mol. The molecule has 1 heterocycles. The monoisotopic (exact) mass is 263 g/mol. The molecular weight excluding hydrogens is 234 g/mol. The van der Waals surface area contributed by atoms with Crippen LogP contribution >= 0.6 is 0 Å². The van der Waals surface area contributed by atoms with Crippen molar-refractivity contribution < 1.29 is 0 Å². The summed E-state index contributed by atoms with van der Waals surface area (Å²) in [6.07, 6.45) is 7.16. The van der Waals surface area contributed by atoms with E-state index >= 15 is 0 Å². The van der Waals surface area contributed by atoms with Crippen molar-refractivity contribution in [3.05, 3.63) is 30.1 Å². The van der Waals surface area contributed by atoms with Gasteiger partial charge in [-0.25, -0.2) is 0 Å². The summed E-state index contributed by atoms with van der Waals surface area (Å²) in [5.41, 5.74) is 7.46. The van der Waals surface area contributed by atoms with Gasteiger partial charge in [0.25, 0.3) is 0 Å². The molecule has 2 N–H and O–H groups in total. The van der Waals surface area contributed by atoms with Crippen molar-refractivity contribution in [2.24, 2.45) is 11.7 Å². The van der Waals surface area contributed by atoms with E-state index in [0.29, 0.717) is 6.54 Å². The Balaban J connectivity index is 2.51. The Morgan fingerprint density at radius 1 is 1.32 bits per heavy atom. The van der Waals surface area contributed by atoms with Crippen molar-refractivity contribution >= 4 is 0 Å². The van der Waals surface area contributed by atoms with Crippen LogP contribution in [0.1, 0.15) is 39.2 Å². The molecule has 108 valence electrons. The predicted octanol–water partition coefficient (Wildman–Crippen LogP) is 2.71. The third-order valence-electron chi connectivity index (χ3n) is 4.11. The lowest BCUT2D eigenvalue weighted by Gasteiger charge is -2.39. The third-order valence-corrected chi connectivity index (χ3v) is 4.11. The summed E-state index contributed by atoms with van der Waals surface area (Å²) in [5, 5.41) is 0. The van der Waals surface area contributed by atoms with Crippen LogP contribution in [-0.2, 0) is 6.42 Å². The van der Waals surface area contributed by atoms with E-state index < -0.39 is 0 Å². The van der Waals surface area contributed by atoms with Gasteiger partial charge in [0.1, 0.15) is 0 Å². The Morgan fingerprint density at radius 2 is 1.95 bits per heavy atom. The first-order chi connectivity index (χ1) is 8.98. The zero-order valence-electron chi connectivity index (χ0n) is 12.9. The van der Waals surface area contributed by atoms with E-state index in [2.05, 4.69) is 49.8 Å². The summed E-state index contributed by atoms with van der Waals surface area (Å²) in [6, 6.07) is 4.17. The highest BCUT2D eigenvalue weighted by Gasteiger charge is 2.27. The maximum atomic E-state index is 6.01. The summed E-state index contributed by atoms with van der Waals surface area (Å²) in [5.74, 6) is 0.736. The second-order valence-corrected chi connectivity index (χ2v) is 6.16. The number of hydrogen-bond donors (Lipinski definition) is 1. The Labute approximate surface area is 118 Å². The summed E-state index contributed by atoms with van der Waals surface area (Å²) in [7, 11) is 2.19. The van der Waals surface area contributed by atoms with Gasteiger partial charge in [0.2, 0.25) is 0 Å². The van der Waals surface area contributed by atoms with Gasteiger partial charge in [-0.1, -0.05) is 13.8 Å². The number of nitrogens with zero attached hydrogens (tertiary/aromatic N) is 2. The molecule has 3 heteroatoms. The smallest absolute Gasteiger partial charge is 0.0300 e. The number of aromatic nitrogens is 1. The fourth-order valence-electron chi connectivity index (χ4n) is 2.16. The fraction of sp³-hybridized carbons (Fsp3) is 0.688. The van der Waals surface area contributed by atoms with Crippen LogP contribution in [-0.4, -0.2) is 35.6 Å². The molecule has 1 unspecified atom stereocenters. The summed E-state index contributed by atoms with van der Waals surface area (Å²) >= 11 is 0. The minimum Gasteiger partial charge on any atom is -0.329 e. The topological polar surface area (TPSA) is 42.1 Å². The summed E-state index contributed by atoms with van der Waals surface area (Å²) in [6.45, 7) is 8.58. The third kappa shape index (κ3) is 5.29. The lowest BCUT2D eigenvalue weighted by atomic mass is 9.90. The van der Waals surface area contributed by atoms with Crippen LogP contribution in [0.3, 0.4) is 0 Å². The molecule has 0 aliphatic rings. The van der Waals surface area contributed by atoms with Crippen LogP contribution in [0.25, 0.3) is 0 Å². The molecule has 1 rings (SSSR count). The van der Waals surface area contributed by atoms with Gasteiger partial charge in [-0.3, -0.25) is 9.88 Å². The van der Waals surface area contributed by atoms with E-state index in [4.69, 9.17) is 5.73 Å². The number of rotatable bonds is 8. The van der Waals surface area contributed by atoms with Gasteiger partial charge < -0.3 is 5.73 Å². The molecule has 0 radical (unpaired) electrons. The Bertz CT molecular complexity index is 350. The van der Waals surface area contributed by atoms with Crippen LogP contribution in [0.5, 0.6) is 0 Å². The zero-order chi connectivity index (χ0) is 14.3. The molecule has 1 aromatic rings. The number of hydrogen-bond acceptors (Lipinski definition) is 3. The molecule has 0 bridgehead atoms. The summed E-state index contributed by atoms with van der Waals surface area (Å²) in [4.78, 5) is 6.47. The van der Waals surface area contributed by atoms with Crippen molar-refractivity contribution in [2.45, 2.75) is 45.6 Å². The number of pyridine rings is 1. The molecular formula is C16H29N3. The Hall–Kier alpha value is -0.930. The normalized spacial score (nSPS) is 14.9. The Morgan fingerprint density at radius 3 is 2.47 bits per heavy atom. The largest absolute Gasteiger partial charge is 0.329 e. The highest BCUT2D eigenvalue weighted by Crippen LogP contribution is 2.21. The molecule has 0 aromatic carbocycles. The molecule has 0 aliphatic carbocycles. The van der Waals surface area contributed by atoms with Crippen molar-refractivity contribution in [1.29, 1.82) is 0 Å². The molecule has 19 heavy (non-hydrogen) atoms. The van der Waals surface area contributed by atoms with Crippen LogP contribution in [0.15, 0.2) is 24.5 Å². The van der Waals surface area contributed by atoms with E-state index in [1.807, 2.05) is 12.4 Å². The van der Waals surface area contributed by atoms with Crippen molar-refractivity contribution in [1.82, 2.24) is 9.88 Å². The standard InChI is InChI=1S/C16H29N3/c1-14(2)5-9-16(3,13-17)19(4)12-8-15-6-10-18-11-7-15/h6-7,10-11,14H,5,8-9,12-13,17H2,1-4H3. The highest BCUT2D eigenvalue weighted by atomic mass is 15.2. The molecule has 0 saturated carbocycles. The van der Waals surface area contributed by atoms with Gasteiger partial charge in [-0.2, -0.15) is 0 Å². The molecule has 3 nitrogen and oxygen atoms in total. The number of likely N-dealkylation sites (N-methyl/N-ethyl adjacent to an activating group) is 1. The van der Waals surface area contributed by atoms with E-state index in [9.17, 15) is 0 Å². The van der Waals surface area contributed by atoms with Crippen molar-refractivity contribution in [3.8, 4) is 0 Å². The second kappa shape index (κ2) is 7.61. The first kappa shape index (κ1) is 16.1. The number of nitrogens with two attached hydrogens (primary N) is 1. The molecule has 0 spiro atoms. The second-order valence-electron chi connectivity index (χ2n) is 6.16. The van der Waals surface area contributed by atoms with Crippen LogP contribution < -0.4 is 5.73 Å². The van der Waals surface area contributed by atoms with Crippen molar-refractivity contribution in [2.75, 3.05) is 20.1 Å². The van der Waals surface area contributed by atoms with E-state index in [1.54, 1.807) is 0 Å². The summed E-state index contributed by atoms with van der Waals surface area (Å²) < 4.78 is 0. The van der Waals surface area contributed by atoms with Gasteiger partial charge in [-0.15, -0.1) is 0 Å². The van der Waals surface area contributed by atoms with E-state index in [1.165, 1.54) is 12.0 Å². The van der Waals surface area contributed by atoms with Gasteiger partial charge >= 0.3 is 0 Å². The molecule has 1 atom stereocenters. The predicted molar refractivity (Wildman–Crippen MR) is 82.1 cm³/mol. The SMILES string of the molecule is CC(C)CCC(C)(CN)N(C)CCc1ccncc1. The first-order valence-corrected chi connectivity index (χ1v) is 7.28. The molecule has 0 fully saturated rings. The first-order valence-electron chi connectivity index (χ1n) is 7.28. The average Bonchev–Trinajstić information content (AvgIpc) is 2.43. The fourth-order valence-corrected chi connectivity index (χ4v) is 2.16. The minimum absolute atomic E-state index is 0.108. The van der Waals surface area contributed by atoms with E-state index in [0.717, 1.165) is 25.3 Å². The van der Waals surface area contributed by atoms with Crippen molar-refractivity contribution in [3.63, 3.8) is 0 Å². The zero-order valence-corrected chi connectivity index (χ0v) is 12.9. The molecule has 0 amide bonds. The quantitative estimate of drug-likeness (QED) is 0.784. The highest BCUT2D eigenvalue weighted by molar-refractivity contribution is 5.10. The van der Waals surface area contributed by atoms with Gasteiger partial charge in [0.15, 0.2) is 0 Å². The minimum atomic E-state index is 0.108. The van der Waals surface area contributed by atoms with Crippen LogP contribution in [0.2, 0.25) is 0 Å². The maximum Gasteiger partial charge on any atom is 0.0300 e. The molecule has 0 saturated heterocycles. The lowest BCUT2D eigenvalue weighted by molar-refractivity contribution is 0.128. The van der Waals surface area contributed by atoms with Gasteiger partial charge in [0, 0.05) is 31.0 Å².